The molecule has 2 aromatic carbocycles. The van der Waals surface area contributed by atoms with Gasteiger partial charge in [-0.3, -0.25) is 9.59 Å². The van der Waals surface area contributed by atoms with Crippen LogP contribution in [-0.2, 0) is 4.79 Å². The van der Waals surface area contributed by atoms with E-state index in [0.29, 0.717) is 30.3 Å². The molecule has 6 heteroatoms. The van der Waals surface area contributed by atoms with E-state index in [4.69, 9.17) is 21.1 Å². The second-order valence-corrected chi connectivity index (χ2v) is 7.51. The van der Waals surface area contributed by atoms with Crippen molar-refractivity contribution in [2.45, 2.75) is 31.7 Å². The molecule has 5 nitrogen and oxygen atoms in total. The van der Waals surface area contributed by atoms with E-state index in [1.165, 1.54) is 0 Å². The van der Waals surface area contributed by atoms with Gasteiger partial charge in [-0.15, -0.1) is 0 Å². The second kappa shape index (κ2) is 8.23. The highest BCUT2D eigenvalue weighted by Crippen LogP contribution is 2.38. The van der Waals surface area contributed by atoms with Gasteiger partial charge in [-0.2, -0.15) is 0 Å². The maximum absolute atomic E-state index is 12.8. The van der Waals surface area contributed by atoms with Crippen molar-refractivity contribution in [3.63, 3.8) is 0 Å². The molecular formula is C22H22ClNO4. The Hall–Kier alpha value is -2.53. The molecule has 1 atom stereocenters. The number of hydrogen-bond acceptors (Lipinski definition) is 4. The molecule has 1 saturated heterocycles. The van der Waals surface area contributed by atoms with Gasteiger partial charge in [0.15, 0.2) is 17.3 Å². The Balaban J connectivity index is 1.41. The van der Waals surface area contributed by atoms with Gasteiger partial charge in [-0.1, -0.05) is 17.7 Å². The summed E-state index contributed by atoms with van der Waals surface area (Å²) >= 11 is 5.86. The Bertz CT molecular complexity index is 881. The standard InChI is InChI=1S/C22H22ClNO4/c23-17-6-3-15(4-7-17)19(25)8-10-22(26)24-11-1-2-18(24)16-5-9-20-21(14-16)28-13-12-27-20/h3-7,9,14,18H,1-2,8,10-13H2. The Morgan fingerprint density at radius 1 is 1.00 bits per heavy atom. The first kappa shape index (κ1) is 18.8. The number of likely N-dealkylation sites (tertiary alicyclic amines) is 1. The van der Waals surface area contributed by atoms with Crippen LogP contribution < -0.4 is 9.47 Å². The first-order valence-electron chi connectivity index (χ1n) is 9.59. The van der Waals surface area contributed by atoms with E-state index in [1.807, 2.05) is 23.1 Å². The van der Waals surface area contributed by atoms with E-state index in [2.05, 4.69) is 0 Å². The molecule has 0 spiro atoms. The maximum Gasteiger partial charge on any atom is 0.223 e. The van der Waals surface area contributed by atoms with E-state index in [0.717, 1.165) is 29.9 Å². The molecule has 1 fully saturated rings. The Morgan fingerprint density at radius 3 is 2.54 bits per heavy atom. The first-order valence-corrected chi connectivity index (χ1v) is 9.97. The van der Waals surface area contributed by atoms with E-state index < -0.39 is 0 Å². The molecule has 1 unspecified atom stereocenters. The highest BCUT2D eigenvalue weighted by molar-refractivity contribution is 6.30. The number of benzene rings is 2. The average Bonchev–Trinajstić information content (AvgIpc) is 3.22. The molecule has 0 aromatic heterocycles. The Kier molecular flexibility index (Phi) is 5.53. The molecule has 4 rings (SSSR count). The third-order valence-electron chi connectivity index (χ3n) is 5.26. The Morgan fingerprint density at radius 2 is 1.75 bits per heavy atom. The summed E-state index contributed by atoms with van der Waals surface area (Å²) in [5, 5.41) is 0.590. The molecule has 2 aliphatic rings. The number of fused-ring (bicyclic) bond motifs is 1. The fraction of sp³-hybridized carbons (Fsp3) is 0.364. The van der Waals surface area contributed by atoms with Gasteiger partial charge in [0.1, 0.15) is 13.2 Å². The number of Topliss-reactive ketones (excluding diaryl/α,β-unsaturated/α-hetero) is 1. The minimum Gasteiger partial charge on any atom is -0.486 e. The fourth-order valence-corrected chi connectivity index (χ4v) is 3.95. The number of ether oxygens (including phenoxy) is 2. The normalized spacial score (nSPS) is 18.2. The maximum atomic E-state index is 12.8. The highest BCUT2D eigenvalue weighted by atomic mass is 35.5. The van der Waals surface area contributed by atoms with Crippen LogP contribution in [-0.4, -0.2) is 36.3 Å². The van der Waals surface area contributed by atoms with Crippen molar-refractivity contribution in [1.82, 2.24) is 4.90 Å². The number of amides is 1. The highest BCUT2D eigenvalue weighted by Gasteiger charge is 2.30. The molecule has 2 aliphatic heterocycles. The number of nitrogens with zero attached hydrogens (tertiary/aromatic N) is 1. The SMILES string of the molecule is O=C(CCC(=O)N1CCCC1c1ccc2c(c1)OCCO2)c1ccc(Cl)cc1. The second-order valence-electron chi connectivity index (χ2n) is 7.08. The zero-order chi connectivity index (χ0) is 19.5. The number of halogens is 1. The molecule has 0 saturated carbocycles. The predicted octanol–water partition coefficient (Wildman–Crippen LogP) is 4.44. The summed E-state index contributed by atoms with van der Waals surface area (Å²) in [6.45, 7) is 1.81. The van der Waals surface area contributed by atoms with Gasteiger partial charge in [0.2, 0.25) is 5.91 Å². The summed E-state index contributed by atoms with van der Waals surface area (Å²) in [7, 11) is 0. The summed E-state index contributed by atoms with van der Waals surface area (Å²) in [6, 6.07) is 12.7. The molecule has 2 heterocycles. The first-order chi connectivity index (χ1) is 13.6. The number of hydrogen-bond donors (Lipinski definition) is 0. The summed E-state index contributed by atoms with van der Waals surface area (Å²) in [4.78, 5) is 27.0. The predicted molar refractivity (Wildman–Crippen MR) is 106 cm³/mol. The van der Waals surface area contributed by atoms with Crippen molar-refractivity contribution < 1.29 is 19.1 Å². The van der Waals surface area contributed by atoms with E-state index in [1.54, 1.807) is 24.3 Å². The molecular weight excluding hydrogens is 378 g/mol. The third-order valence-corrected chi connectivity index (χ3v) is 5.51. The molecule has 0 N–H and O–H groups in total. The smallest absolute Gasteiger partial charge is 0.223 e. The molecule has 0 radical (unpaired) electrons. The summed E-state index contributed by atoms with van der Waals surface area (Å²) in [5.41, 5.74) is 1.64. The van der Waals surface area contributed by atoms with Crippen molar-refractivity contribution >= 4 is 23.3 Å². The minimum atomic E-state index is -0.0416. The van der Waals surface area contributed by atoms with Crippen LogP contribution in [0.1, 0.15) is 47.6 Å². The van der Waals surface area contributed by atoms with Crippen molar-refractivity contribution in [3.05, 3.63) is 58.6 Å². The monoisotopic (exact) mass is 399 g/mol. The zero-order valence-electron chi connectivity index (χ0n) is 15.5. The number of carbonyl (C=O) groups excluding carboxylic acids is 2. The zero-order valence-corrected chi connectivity index (χ0v) is 16.3. The van der Waals surface area contributed by atoms with E-state index in [9.17, 15) is 9.59 Å². The lowest BCUT2D eigenvalue weighted by molar-refractivity contribution is -0.132. The van der Waals surface area contributed by atoms with Gasteiger partial charge >= 0.3 is 0 Å². The van der Waals surface area contributed by atoms with Gasteiger partial charge < -0.3 is 14.4 Å². The third kappa shape index (κ3) is 3.99. The van der Waals surface area contributed by atoms with Gasteiger partial charge in [0.05, 0.1) is 6.04 Å². The topological polar surface area (TPSA) is 55.8 Å². The van der Waals surface area contributed by atoms with Crippen LogP contribution in [0.4, 0.5) is 0 Å². The quantitative estimate of drug-likeness (QED) is 0.697. The minimum absolute atomic E-state index is 0.0136. The number of rotatable bonds is 5. The van der Waals surface area contributed by atoms with Crippen molar-refractivity contribution in [3.8, 4) is 11.5 Å². The van der Waals surface area contributed by atoms with Crippen LogP contribution in [0.25, 0.3) is 0 Å². The van der Waals surface area contributed by atoms with Crippen LogP contribution >= 0.6 is 11.6 Å². The Labute approximate surface area is 169 Å². The van der Waals surface area contributed by atoms with Crippen molar-refractivity contribution in [2.24, 2.45) is 0 Å². The van der Waals surface area contributed by atoms with Gasteiger partial charge in [-0.05, 0) is 54.8 Å². The fourth-order valence-electron chi connectivity index (χ4n) is 3.82. The largest absolute Gasteiger partial charge is 0.486 e. The lowest BCUT2D eigenvalue weighted by Gasteiger charge is -2.26. The van der Waals surface area contributed by atoms with Gasteiger partial charge in [-0.25, -0.2) is 0 Å². The molecule has 146 valence electrons. The lowest BCUT2D eigenvalue weighted by Crippen LogP contribution is -2.30. The van der Waals surface area contributed by atoms with E-state index in [-0.39, 0.29) is 30.6 Å². The average molecular weight is 400 g/mol. The van der Waals surface area contributed by atoms with Crippen LogP contribution in [0.5, 0.6) is 11.5 Å². The van der Waals surface area contributed by atoms with Gasteiger partial charge in [0, 0.05) is 30.0 Å². The van der Waals surface area contributed by atoms with Crippen molar-refractivity contribution in [2.75, 3.05) is 19.8 Å². The van der Waals surface area contributed by atoms with E-state index >= 15 is 0 Å². The van der Waals surface area contributed by atoms with Crippen LogP contribution in [0.15, 0.2) is 42.5 Å². The molecule has 0 bridgehead atoms. The van der Waals surface area contributed by atoms with Gasteiger partial charge in [0.25, 0.3) is 0 Å². The summed E-state index contributed by atoms with van der Waals surface area (Å²) < 4.78 is 11.3. The lowest BCUT2D eigenvalue weighted by atomic mass is 10.0. The molecule has 0 aliphatic carbocycles. The van der Waals surface area contributed by atoms with Crippen LogP contribution in [0.2, 0.25) is 5.02 Å². The van der Waals surface area contributed by atoms with Crippen molar-refractivity contribution in [1.29, 1.82) is 0 Å². The number of carbonyl (C=O) groups is 2. The van der Waals surface area contributed by atoms with Crippen LogP contribution in [0.3, 0.4) is 0 Å². The molecule has 1 amide bonds. The van der Waals surface area contributed by atoms with Crippen LogP contribution in [0, 0.1) is 0 Å². The summed E-state index contributed by atoms with van der Waals surface area (Å²) in [6.07, 6.45) is 2.28. The molecule has 2 aromatic rings. The summed E-state index contributed by atoms with van der Waals surface area (Å²) in [5.74, 6) is 1.46. The molecule has 28 heavy (non-hydrogen) atoms. The number of ketones is 1.